The number of hydrogen-bond donors (Lipinski definition) is 2. The Kier molecular flexibility index (Phi) is 8.79. The van der Waals surface area contributed by atoms with E-state index >= 15 is 0 Å². The Bertz CT molecular complexity index is 800. The summed E-state index contributed by atoms with van der Waals surface area (Å²) in [5, 5.41) is 7.01. The fraction of sp³-hybridized carbons (Fsp3) is 0.542. The van der Waals surface area contributed by atoms with E-state index in [2.05, 4.69) is 51.7 Å². The fourth-order valence-corrected chi connectivity index (χ4v) is 4.24. The zero-order chi connectivity index (χ0) is 22.1. The molecule has 7 heteroatoms. The normalized spacial score (nSPS) is 17.4. The minimum absolute atomic E-state index is 0.151. The van der Waals surface area contributed by atoms with Crippen molar-refractivity contribution in [2.75, 3.05) is 54.4 Å². The number of nitrogens with zero attached hydrogens (tertiary/aromatic N) is 3. The summed E-state index contributed by atoms with van der Waals surface area (Å²) in [6.07, 6.45) is 5.56. The summed E-state index contributed by atoms with van der Waals surface area (Å²) in [5.74, 6) is 2.69. The summed E-state index contributed by atoms with van der Waals surface area (Å²) in [7, 11) is 7.69. The molecule has 1 saturated heterocycles. The molecule has 0 aliphatic carbocycles. The third-order valence-electron chi connectivity index (χ3n) is 5.97. The van der Waals surface area contributed by atoms with Gasteiger partial charge >= 0.3 is 0 Å². The van der Waals surface area contributed by atoms with Crippen molar-refractivity contribution in [3.63, 3.8) is 0 Å². The first-order valence-corrected chi connectivity index (χ1v) is 11.1. The van der Waals surface area contributed by atoms with Crippen LogP contribution in [0, 0.1) is 0 Å². The number of methoxy groups -OCH3 is 1. The molecule has 1 aromatic heterocycles. The van der Waals surface area contributed by atoms with Crippen molar-refractivity contribution in [3.8, 4) is 5.75 Å². The second kappa shape index (κ2) is 11.8. The van der Waals surface area contributed by atoms with Crippen molar-refractivity contribution in [1.29, 1.82) is 0 Å². The zero-order valence-electron chi connectivity index (χ0n) is 19.3. The number of hydrogen-bond acceptors (Lipinski definition) is 5. The molecule has 0 amide bonds. The van der Waals surface area contributed by atoms with E-state index in [0.29, 0.717) is 6.54 Å². The van der Waals surface area contributed by atoms with Gasteiger partial charge in [-0.2, -0.15) is 0 Å². The number of para-hydroxylation sites is 1. The van der Waals surface area contributed by atoms with Crippen molar-refractivity contribution < 1.29 is 9.15 Å². The van der Waals surface area contributed by atoms with Crippen LogP contribution in [0.3, 0.4) is 0 Å². The molecule has 1 aromatic carbocycles. The van der Waals surface area contributed by atoms with E-state index in [1.807, 2.05) is 31.3 Å². The molecule has 0 bridgehead atoms. The van der Waals surface area contributed by atoms with Gasteiger partial charge in [0.2, 0.25) is 0 Å². The highest BCUT2D eigenvalue weighted by atomic mass is 16.5. The Morgan fingerprint density at radius 1 is 1.10 bits per heavy atom. The molecule has 3 rings (SSSR count). The molecule has 2 N–H and O–H groups in total. The van der Waals surface area contributed by atoms with Gasteiger partial charge < -0.3 is 24.7 Å². The van der Waals surface area contributed by atoms with Crippen LogP contribution in [-0.2, 0) is 0 Å². The number of likely N-dealkylation sites (N-methyl/N-ethyl adjacent to an activating group) is 1. The molecule has 31 heavy (non-hydrogen) atoms. The molecule has 1 fully saturated rings. The van der Waals surface area contributed by atoms with Gasteiger partial charge in [0, 0.05) is 25.7 Å². The lowest BCUT2D eigenvalue weighted by Gasteiger charge is -2.34. The van der Waals surface area contributed by atoms with Crippen molar-refractivity contribution in [1.82, 2.24) is 20.4 Å². The SMILES string of the molecule is CN=C(NCC(c1ccccc1OC)N(C)C)NCC(c1ccco1)N1CCCCC1. The van der Waals surface area contributed by atoms with Crippen LogP contribution >= 0.6 is 0 Å². The summed E-state index contributed by atoms with van der Waals surface area (Å²) < 4.78 is 11.3. The Balaban J connectivity index is 1.63. The molecule has 2 unspecified atom stereocenters. The maximum atomic E-state index is 5.77. The van der Waals surface area contributed by atoms with Gasteiger partial charge in [0.05, 0.1) is 25.5 Å². The molecule has 2 aromatic rings. The van der Waals surface area contributed by atoms with Gasteiger partial charge in [-0.3, -0.25) is 9.89 Å². The van der Waals surface area contributed by atoms with Gasteiger partial charge in [-0.1, -0.05) is 24.6 Å². The van der Waals surface area contributed by atoms with Crippen LogP contribution in [0.25, 0.3) is 0 Å². The molecule has 1 aliphatic heterocycles. The highest BCUT2D eigenvalue weighted by Gasteiger charge is 2.25. The van der Waals surface area contributed by atoms with Crippen molar-refractivity contribution in [2.24, 2.45) is 4.99 Å². The molecule has 0 spiro atoms. The van der Waals surface area contributed by atoms with Gasteiger partial charge in [-0.15, -0.1) is 0 Å². The second-order valence-electron chi connectivity index (χ2n) is 8.18. The van der Waals surface area contributed by atoms with Crippen LogP contribution in [0.5, 0.6) is 5.75 Å². The molecule has 0 radical (unpaired) electrons. The van der Waals surface area contributed by atoms with Gasteiger partial charge in [0.25, 0.3) is 0 Å². The molecule has 0 saturated carbocycles. The van der Waals surface area contributed by atoms with Crippen LogP contribution in [0.1, 0.15) is 42.7 Å². The average molecular weight is 428 g/mol. The van der Waals surface area contributed by atoms with Crippen molar-refractivity contribution in [2.45, 2.75) is 31.3 Å². The van der Waals surface area contributed by atoms with Gasteiger partial charge in [0.15, 0.2) is 5.96 Å². The van der Waals surface area contributed by atoms with Crippen molar-refractivity contribution >= 4 is 5.96 Å². The monoisotopic (exact) mass is 427 g/mol. The first-order chi connectivity index (χ1) is 15.1. The lowest BCUT2D eigenvalue weighted by molar-refractivity contribution is 0.146. The van der Waals surface area contributed by atoms with E-state index < -0.39 is 0 Å². The number of piperidine rings is 1. The molecule has 7 nitrogen and oxygen atoms in total. The number of aliphatic imine (C=N–C) groups is 1. The van der Waals surface area contributed by atoms with Gasteiger partial charge in [-0.05, 0) is 58.2 Å². The molecular weight excluding hydrogens is 390 g/mol. The van der Waals surface area contributed by atoms with Crippen molar-refractivity contribution in [3.05, 3.63) is 54.0 Å². The van der Waals surface area contributed by atoms with E-state index in [1.165, 1.54) is 19.3 Å². The third kappa shape index (κ3) is 6.24. The fourth-order valence-electron chi connectivity index (χ4n) is 4.24. The van der Waals surface area contributed by atoms with E-state index in [1.54, 1.807) is 13.4 Å². The summed E-state index contributed by atoms with van der Waals surface area (Å²) in [6, 6.07) is 12.6. The number of guanidine groups is 1. The predicted octanol–water partition coefficient (Wildman–Crippen LogP) is 3.28. The van der Waals surface area contributed by atoms with Gasteiger partial charge in [0.1, 0.15) is 11.5 Å². The van der Waals surface area contributed by atoms with E-state index in [-0.39, 0.29) is 12.1 Å². The van der Waals surface area contributed by atoms with Crippen LogP contribution in [0.2, 0.25) is 0 Å². The first-order valence-electron chi connectivity index (χ1n) is 11.1. The maximum absolute atomic E-state index is 5.77. The van der Waals surface area contributed by atoms with Crippen LogP contribution in [0.15, 0.2) is 52.1 Å². The standard InChI is InChI=1S/C24H37N5O2/c1-25-24(26-17-20(28(2)3)19-11-6-7-12-22(19)30-4)27-18-21(23-13-10-16-31-23)29-14-8-5-9-15-29/h6-7,10-13,16,20-21H,5,8-9,14-15,17-18H2,1-4H3,(H2,25,26,27). The Morgan fingerprint density at radius 2 is 1.84 bits per heavy atom. The lowest BCUT2D eigenvalue weighted by atomic mass is 10.0. The summed E-state index contributed by atoms with van der Waals surface area (Å²) in [4.78, 5) is 9.16. The zero-order valence-corrected chi connectivity index (χ0v) is 19.3. The summed E-state index contributed by atoms with van der Waals surface area (Å²) in [6.45, 7) is 3.67. The highest BCUT2D eigenvalue weighted by Crippen LogP contribution is 2.27. The molecule has 2 atom stereocenters. The molecular formula is C24H37N5O2. The minimum Gasteiger partial charge on any atom is -0.496 e. The third-order valence-corrected chi connectivity index (χ3v) is 5.97. The number of ether oxygens (including phenoxy) is 1. The quantitative estimate of drug-likeness (QED) is 0.473. The largest absolute Gasteiger partial charge is 0.496 e. The molecule has 170 valence electrons. The van der Waals surface area contributed by atoms with E-state index in [4.69, 9.17) is 9.15 Å². The number of furan rings is 1. The lowest BCUT2D eigenvalue weighted by Crippen LogP contribution is -2.46. The number of rotatable bonds is 9. The summed E-state index contributed by atoms with van der Waals surface area (Å²) >= 11 is 0. The Morgan fingerprint density at radius 3 is 2.48 bits per heavy atom. The molecule has 2 heterocycles. The predicted molar refractivity (Wildman–Crippen MR) is 126 cm³/mol. The Labute approximate surface area is 186 Å². The smallest absolute Gasteiger partial charge is 0.191 e. The topological polar surface area (TPSA) is 65.3 Å². The van der Waals surface area contributed by atoms with Crippen LogP contribution < -0.4 is 15.4 Å². The van der Waals surface area contributed by atoms with Crippen LogP contribution in [0.4, 0.5) is 0 Å². The number of nitrogens with one attached hydrogen (secondary N) is 2. The average Bonchev–Trinajstić information content (AvgIpc) is 3.33. The van der Waals surface area contributed by atoms with E-state index in [0.717, 1.165) is 42.7 Å². The van der Waals surface area contributed by atoms with Gasteiger partial charge in [-0.25, -0.2) is 0 Å². The summed E-state index contributed by atoms with van der Waals surface area (Å²) in [5.41, 5.74) is 1.15. The first kappa shape index (κ1) is 23.2. The Hall–Kier alpha value is -2.51. The maximum Gasteiger partial charge on any atom is 0.191 e. The van der Waals surface area contributed by atoms with E-state index in [9.17, 15) is 0 Å². The number of benzene rings is 1. The second-order valence-corrected chi connectivity index (χ2v) is 8.18. The van der Waals surface area contributed by atoms with Crippen LogP contribution in [-0.4, -0.2) is 70.2 Å². The highest BCUT2D eigenvalue weighted by molar-refractivity contribution is 5.79. The number of likely N-dealkylation sites (tertiary alicyclic amines) is 1. The molecule has 1 aliphatic rings. The minimum atomic E-state index is 0.151.